The number of amides is 2. The number of nitrogens with one attached hydrogen (secondary N) is 1. The molecular formula is C18H19N3O3. The fourth-order valence-corrected chi connectivity index (χ4v) is 2.81. The van der Waals surface area contributed by atoms with Crippen LogP contribution in [0.4, 0.5) is 0 Å². The van der Waals surface area contributed by atoms with Crippen molar-refractivity contribution in [1.82, 2.24) is 15.2 Å². The largest absolute Gasteiger partial charge is 0.496 e. The van der Waals surface area contributed by atoms with Gasteiger partial charge in [-0.1, -0.05) is 18.2 Å². The van der Waals surface area contributed by atoms with Gasteiger partial charge in [0, 0.05) is 25.3 Å². The highest BCUT2D eigenvalue weighted by atomic mass is 16.5. The van der Waals surface area contributed by atoms with E-state index in [-0.39, 0.29) is 17.9 Å². The first-order chi connectivity index (χ1) is 11.7. The summed E-state index contributed by atoms with van der Waals surface area (Å²) in [6.07, 6.45) is 2.32. The molecule has 6 heteroatoms. The third kappa shape index (κ3) is 3.37. The first-order valence-corrected chi connectivity index (χ1v) is 7.83. The monoisotopic (exact) mass is 325 g/mol. The summed E-state index contributed by atoms with van der Waals surface area (Å²) in [5.74, 6) is 0.239. The van der Waals surface area contributed by atoms with Gasteiger partial charge in [0.1, 0.15) is 11.4 Å². The van der Waals surface area contributed by atoms with E-state index in [2.05, 4.69) is 10.3 Å². The second kappa shape index (κ2) is 7.12. The fraction of sp³-hybridized carbons (Fsp3) is 0.278. The van der Waals surface area contributed by atoms with Crippen LogP contribution in [0.3, 0.4) is 0 Å². The predicted octanol–water partition coefficient (Wildman–Crippen LogP) is 1.73. The van der Waals surface area contributed by atoms with Crippen LogP contribution in [-0.4, -0.2) is 47.9 Å². The number of benzene rings is 1. The van der Waals surface area contributed by atoms with Gasteiger partial charge in [0.25, 0.3) is 11.8 Å². The number of aromatic nitrogens is 1. The molecule has 0 radical (unpaired) electrons. The van der Waals surface area contributed by atoms with Crippen LogP contribution in [-0.2, 0) is 0 Å². The van der Waals surface area contributed by atoms with E-state index in [1.54, 1.807) is 47.5 Å². The minimum atomic E-state index is -0.190. The summed E-state index contributed by atoms with van der Waals surface area (Å²) >= 11 is 0. The topological polar surface area (TPSA) is 71.5 Å². The molecule has 1 saturated heterocycles. The molecule has 3 rings (SSSR count). The Hall–Kier alpha value is -2.89. The van der Waals surface area contributed by atoms with Crippen LogP contribution in [0.25, 0.3) is 0 Å². The zero-order chi connectivity index (χ0) is 16.9. The van der Waals surface area contributed by atoms with Crippen molar-refractivity contribution in [3.63, 3.8) is 0 Å². The lowest BCUT2D eigenvalue weighted by Gasteiger charge is -2.17. The van der Waals surface area contributed by atoms with Crippen LogP contribution in [0, 0.1) is 0 Å². The maximum absolute atomic E-state index is 12.4. The highest BCUT2D eigenvalue weighted by Crippen LogP contribution is 2.18. The maximum atomic E-state index is 12.4. The number of likely N-dealkylation sites (tertiary alicyclic amines) is 1. The fourth-order valence-electron chi connectivity index (χ4n) is 2.81. The van der Waals surface area contributed by atoms with E-state index >= 15 is 0 Å². The van der Waals surface area contributed by atoms with Gasteiger partial charge in [0.15, 0.2) is 0 Å². The highest BCUT2D eigenvalue weighted by molar-refractivity contribution is 5.97. The minimum absolute atomic E-state index is 0.0740. The summed E-state index contributed by atoms with van der Waals surface area (Å²) in [7, 11) is 1.54. The Morgan fingerprint density at radius 1 is 1.21 bits per heavy atom. The number of rotatable bonds is 4. The lowest BCUT2D eigenvalue weighted by Crippen LogP contribution is -2.38. The second-order valence-corrected chi connectivity index (χ2v) is 5.63. The van der Waals surface area contributed by atoms with Crippen molar-refractivity contribution in [2.75, 3.05) is 20.2 Å². The first kappa shape index (κ1) is 16.0. The highest BCUT2D eigenvalue weighted by Gasteiger charge is 2.29. The van der Waals surface area contributed by atoms with Gasteiger partial charge in [0.05, 0.1) is 12.7 Å². The maximum Gasteiger partial charge on any atom is 0.272 e. The average Bonchev–Trinajstić information content (AvgIpc) is 3.10. The Balaban J connectivity index is 1.62. The molecule has 0 saturated carbocycles. The van der Waals surface area contributed by atoms with E-state index < -0.39 is 0 Å². The van der Waals surface area contributed by atoms with Gasteiger partial charge < -0.3 is 15.0 Å². The molecule has 1 aromatic carbocycles. The molecule has 1 N–H and O–H groups in total. The smallest absolute Gasteiger partial charge is 0.272 e. The van der Waals surface area contributed by atoms with Crippen LogP contribution >= 0.6 is 0 Å². The summed E-state index contributed by atoms with van der Waals surface area (Å²) in [4.78, 5) is 30.6. The molecule has 2 aromatic rings. The molecule has 1 aliphatic rings. The number of carbonyl (C=O) groups excluding carboxylic acids is 2. The van der Waals surface area contributed by atoms with Crippen molar-refractivity contribution in [3.05, 3.63) is 59.9 Å². The van der Waals surface area contributed by atoms with Gasteiger partial charge in [-0.25, -0.2) is 0 Å². The Labute approximate surface area is 140 Å². The van der Waals surface area contributed by atoms with Crippen molar-refractivity contribution in [3.8, 4) is 5.75 Å². The number of pyridine rings is 1. The second-order valence-electron chi connectivity index (χ2n) is 5.63. The van der Waals surface area contributed by atoms with E-state index in [4.69, 9.17) is 4.74 Å². The SMILES string of the molecule is COc1ccccc1C(=O)N[C@H]1CCN(C(=O)c2ccccn2)C1. The number of nitrogens with zero attached hydrogens (tertiary/aromatic N) is 2. The van der Waals surface area contributed by atoms with Crippen molar-refractivity contribution < 1.29 is 14.3 Å². The van der Waals surface area contributed by atoms with E-state index in [9.17, 15) is 9.59 Å². The molecule has 1 aromatic heterocycles. The van der Waals surface area contributed by atoms with Gasteiger partial charge >= 0.3 is 0 Å². The Bertz CT molecular complexity index is 733. The van der Waals surface area contributed by atoms with Gasteiger partial charge in [-0.15, -0.1) is 0 Å². The molecule has 0 bridgehead atoms. The van der Waals surface area contributed by atoms with E-state index in [0.29, 0.717) is 30.1 Å². The number of para-hydroxylation sites is 1. The standard InChI is InChI=1S/C18H19N3O3/c1-24-16-8-3-2-6-14(16)17(22)20-13-9-11-21(12-13)18(23)15-7-4-5-10-19-15/h2-8,10,13H,9,11-12H2,1H3,(H,20,22)/t13-/m0/s1. The van der Waals surface area contributed by atoms with Gasteiger partial charge in [-0.3, -0.25) is 14.6 Å². The molecule has 0 spiro atoms. The van der Waals surface area contributed by atoms with E-state index in [1.165, 1.54) is 7.11 Å². The first-order valence-electron chi connectivity index (χ1n) is 7.83. The summed E-state index contributed by atoms with van der Waals surface area (Å²) < 4.78 is 5.21. The lowest BCUT2D eigenvalue weighted by molar-refractivity contribution is 0.0777. The number of ether oxygens (including phenoxy) is 1. The van der Waals surface area contributed by atoms with Gasteiger partial charge in [0.2, 0.25) is 0 Å². The van der Waals surface area contributed by atoms with Crippen LogP contribution in [0.15, 0.2) is 48.7 Å². The Kier molecular flexibility index (Phi) is 4.74. The van der Waals surface area contributed by atoms with Crippen LogP contribution in [0.2, 0.25) is 0 Å². The molecule has 1 fully saturated rings. The molecule has 1 aliphatic heterocycles. The zero-order valence-electron chi connectivity index (χ0n) is 13.4. The quantitative estimate of drug-likeness (QED) is 0.929. The summed E-state index contributed by atoms with van der Waals surface area (Å²) in [5.41, 5.74) is 0.920. The lowest BCUT2D eigenvalue weighted by atomic mass is 10.1. The molecule has 24 heavy (non-hydrogen) atoms. The molecule has 124 valence electrons. The normalized spacial score (nSPS) is 16.7. The van der Waals surface area contributed by atoms with Crippen molar-refractivity contribution >= 4 is 11.8 Å². The number of hydrogen-bond donors (Lipinski definition) is 1. The van der Waals surface area contributed by atoms with Crippen LogP contribution in [0.1, 0.15) is 27.3 Å². The number of methoxy groups -OCH3 is 1. The third-order valence-electron chi connectivity index (χ3n) is 4.05. The summed E-state index contributed by atoms with van der Waals surface area (Å²) in [6, 6.07) is 12.3. The van der Waals surface area contributed by atoms with Crippen LogP contribution < -0.4 is 10.1 Å². The number of hydrogen-bond acceptors (Lipinski definition) is 4. The molecule has 2 heterocycles. The summed E-state index contributed by atoms with van der Waals surface area (Å²) in [5, 5.41) is 2.97. The van der Waals surface area contributed by atoms with Crippen LogP contribution in [0.5, 0.6) is 5.75 Å². The third-order valence-corrected chi connectivity index (χ3v) is 4.05. The summed E-state index contributed by atoms with van der Waals surface area (Å²) in [6.45, 7) is 1.09. The van der Waals surface area contributed by atoms with Crippen molar-refractivity contribution in [2.45, 2.75) is 12.5 Å². The molecular weight excluding hydrogens is 306 g/mol. The van der Waals surface area contributed by atoms with E-state index in [0.717, 1.165) is 6.42 Å². The Morgan fingerprint density at radius 3 is 2.75 bits per heavy atom. The molecule has 6 nitrogen and oxygen atoms in total. The molecule has 0 unspecified atom stereocenters. The predicted molar refractivity (Wildman–Crippen MR) is 89.0 cm³/mol. The average molecular weight is 325 g/mol. The Morgan fingerprint density at radius 2 is 2.00 bits per heavy atom. The van der Waals surface area contributed by atoms with Crippen molar-refractivity contribution in [1.29, 1.82) is 0 Å². The van der Waals surface area contributed by atoms with E-state index in [1.807, 2.05) is 6.07 Å². The number of carbonyl (C=O) groups is 2. The molecule has 0 aliphatic carbocycles. The zero-order valence-corrected chi connectivity index (χ0v) is 13.4. The van der Waals surface area contributed by atoms with Gasteiger partial charge in [-0.2, -0.15) is 0 Å². The minimum Gasteiger partial charge on any atom is -0.496 e. The molecule has 1 atom stereocenters. The van der Waals surface area contributed by atoms with Gasteiger partial charge in [-0.05, 0) is 30.7 Å². The van der Waals surface area contributed by atoms with Crippen molar-refractivity contribution in [2.24, 2.45) is 0 Å². The molecule has 2 amide bonds.